The molecule has 0 saturated heterocycles. The van der Waals surface area contributed by atoms with Gasteiger partial charge in [0.15, 0.2) is 0 Å². The van der Waals surface area contributed by atoms with Gasteiger partial charge >= 0.3 is 0 Å². The summed E-state index contributed by atoms with van der Waals surface area (Å²) in [4.78, 5) is 4.32. The highest BCUT2D eigenvalue weighted by molar-refractivity contribution is 6.09. The molecule has 130 valence electrons. The Hall–Kier alpha value is -3.07. The predicted molar refractivity (Wildman–Crippen MR) is 110 cm³/mol. The van der Waals surface area contributed by atoms with Gasteiger partial charge in [-0.1, -0.05) is 36.4 Å². The fourth-order valence-corrected chi connectivity index (χ4v) is 3.63. The van der Waals surface area contributed by atoms with Crippen LogP contribution < -0.4 is 0 Å². The van der Waals surface area contributed by atoms with E-state index in [1.54, 1.807) is 7.05 Å². The minimum Gasteiger partial charge on any atom is -0.478 e. The second-order valence-corrected chi connectivity index (χ2v) is 6.39. The fourth-order valence-electron chi connectivity index (χ4n) is 3.63. The molecular weight excluding hydrogens is 320 g/mol. The van der Waals surface area contributed by atoms with Crippen molar-refractivity contribution in [3.05, 3.63) is 77.9 Å². The summed E-state index contributed by atoms with van der Waals surface area (Å²) in [6.45, 7) is 4.69. The van der Waals surface area contributed by atoms with Gasteiger partial charge in [-0.2, -0.15) is 0 Å². The molecule has 0 bridgehead atoms. The zero-order chi connectivity index (χ0) is 18.1. The van der Waals surface area contributed by atoms with E-state index >= 15 is 0 Å². The van der Waals surface area contributed by atoms with E-state index in [1.807, 2.05) is 6.92 Å². The Labute approximate surface area is 153 Å². The molecule has 1 heterocycles. The van der Waals surface area contributed by atoms with Crippen LogP contribution in [0.25, 0.3) is 27.5 Å². The minimum absolute atomic E-state index is 0.603. The van der Waals surface area contributed by atoms with Gasteiger partial charge in [-0.3, -0.25) is 4.99 Å². The largest absolute Gasteiger partial charge is 0.478 e. The van der Waals surface area contributed by atoms with Gasteiger partial charge < -0.3 is 9.30 Å². The van der Waals surface area contributed by atoms with Gasteiger partial charge in [-0.15, -0.1) is 0 Å². The Morgan fingerprint density at radius 2 is 1.54 bits per heavy atom. The summed E-state index contributed by atoms with van der Waals surface area (Å²) in [5, 5.41) is 2.53. The molecule has 0 aliphatic rings. The summed E-state index contributed by atoms with van der Waals surface area (Å²) in [6, 6.07) is 23.6. The van der Waals surface area contributed by atoms with E-state index < -0.39 is 0 Å². The van der Waals surface area contributed by atoms with Gasteiger partial charge in [0.25, 0.3) is 0 Å². The summed E-state index contributed by atoms with van der Waals surface area (Å²) in [6.07, 6.45) is 0. The van der Waals surface area contributed by atoms with E-state index in [0.717, 1.165) is 11.3 Å². The number of aliphatic imine (C=N–C) groups is 1. The number of ether oxygens (including phenoxy) is 1. The first-order valence-electron chi connectivity index (χ1n) is 8.93. The summed E-state index contributed by atoms with van der Waals surface area (Å²) in [7, 11) is 1.77. The second-order valence-electron chi connectivity index (χ2n) is 6.39. The van der Waals surface area contributed by atoms with Crippen molar-refractivity contribution in [2.45, 2.75) is 13.8 Å². The number of aryl methyl sites for hydroxylation is 1. The highest BCUT2D eigenvalue weighted by Crippen LogP contribution is 2.32. The van der Waals surface area contributed by atoms with Crippen LogP contribution in [-0.4, -0.2) is 24.1 Å². The van der Waals surface area contributed by atoms with Crippen LogP contribution >= 0.6 is 0 Å². The van der Waals surface area contributed by atoms with Gasteiger partial charge in [-0.05, 0) is 49.7 Å². The van der Waals surface area contributed by atoms with Crippen LogP contribution in [-0.2, 0) is 4.74 Å². The van der Waals surface area contributed by atoms with Crippen LogP contribution in [0, 0.1) is 6.92 Å². The van der Waals surface area contributed by atoms with Crippen molar-refractivity contribution in [3.8, 4) is 5.69 Å². The number of hydrogen-bond acceptors (Lipinski definition) is 2. The number of hydrogen-bond donors (Lipinski definition) is 0. The topological polar surface area (TPSA) is 26.5 Å². The smallest absolute Gasteiger partial charge is 0.215 e. The zero-order valence-corrected chi connectivity index (χ0v) is 15.4. The third-order valence-corrected chi connectivity index (χ3v) is 4.63. The molecule has 1 aromatic heterocycles. The molecule has 0 aliphatic heterocycles. The van der Waals surface area contributed by atoms with Gasteiger partial charge in [0.2, 0.25) is 5.90 Å². The maximum absolute atomic E-state index is 5.72. The van der Waals surface area contributed by atoms with Gasteiger partial charge in [-0.25, -0.2) is 0 Å². The predicted octanol–water partition coefficient (Wildman–Crippen LogP) is 5.51. The average molecular weight is 342 g/mol. The number of para-hydroxylation sites is 2. The van der Waals surface area contributed by atoms with Crippen molar-refractivity contribution < 1.29 is 4.74 Å². The highest BCUT2D eigenvalue weighted by Gasteiger charge is 2.13. The van der Waals surface area contributed by atoms with Crippen LogP contribution in [0.4, 0.5) is 0 Å². The number of fused-ring (bicyclic) bond motifs is 3. The highest BCUT2D eigenvalue weighted by atomic mass is 16.5. The molecule has 26 heavy (non-hydrogen) atoms. The first kappa shape index (κ1) is 16.4. The van der Waals surface area contributed by atoms with Crippen LogP contribution in [0.1, 0.15) is 18.1 Å². The number of rotatable bonds is 3. The first-order chi connectivity index (χ1) is 12.7. The molecule has 0 aliphatic carbocycles. The van der Waals surface area contributed by atoms with Gasteiger partial charge in [0, 0.05) is 29.1 Å². The lowest BCUT2D eigenvalue weighted by Gasteiger charge is -2.13. The molecule has 4 aromatic rings. The molecule has 3 aromatic carbocycles. The summed E-state index contributed by atoms with van der Waals surface area (Å²) >= 11 is 0. The van der Waals surface area contributed by atoms with E-state index in [2.05, 4.69) is 83.2 Å². The van der Waals surface area contributed by atoms with Gasteiger partial charge in [0.05, 0.1) is 17.6 Å². The molecule has 3 nitrogen and oxygen atoms in total. The van der Waals surface area contributed by atoms with Crippen LogP contribution in [0.15, 0.2) is 71.7 Å². The Bertz CT molecular complexity index is 1070. The van der Waals surface area contributed by atoms with E-state index in [0.29, 0.717) is 12.5 Å². The summed E-state index contributed by atoms with van der Waals surface area (Å²) in [5.74, 6) is 0.679. The Morgan fingerprint density at radius 3 is 2.12 bits per heavy atom. The molecule has 4 rings (SSSR count). The van der Waals surface area contributed by atoms with E-state index in [9.17, 15) is 0 Å². The molecule has 0 N–H and O–H groups in total. The summed E-state index contributed by atoms with van der Waals surface area (Å²) < 4.78 is 8.04. The van der Waals surface area contributed by atoms with Crippen LogP contribution in [0.3, 0.4) is 0 Å². The van der Waals surface area contributed by atoms with Crippen LogP contribution in [0.5, 0.6) is 0 Å². The van der Waals surface area contributed by atoms with E-state index in [1.165, 1.54) is 27.4 Å². The van der Waals surface area contributed by atoms with Crippen molar-refractivity contribution in [2.75, 3.05) is 13.7 Å². The molecule has 0 atom stereocenters. The zero-order valence-electron chi connectivity index (χ0n) is 15.4. The number of aromatic nitrogens is 1. The van der Waals surface area contributed by atoms with Gasteiger partial charge in [0.1, 0.15) is 0 Å². The van der Waals surface area contributed by atoms with E-state index in [4.69, 9.17) is 4.74 Å². The molecule has 3 heteroatoms. The number of benzene rings is 3. The normalized spacial score (nSPS) is 12.0. The lowest BCUT2D eigenvalue weighted by Crippen LogP contribution is -2.08. The molecule has 0 fully saturated rings. The van der Waals surface area contributed by atoms with E-state index in [-0.39, 0.29) is 0 Å². The standard InChI is InChI=1S/C23H22N2O/c1-4-26-23(24-3)17-13-16(2)14-18(15-17)25-21-11-7-5-9-19(21)20-10-6-8-12-22(20)25/h5-15H,4H2,1-3H3. The quantitative estimate of drug-likeness (QED) is 0.356. The maximum Gasteiger partial charge on any atom is 0.215 e. The molecular formula is C23H22N2O. The Morgan fingerprint density at radius 1 is 0.923 bits per heavy atom. The Balaban J connectivity index is 2.02. The molecule has 0 amide bonds. The molecule has 0 spiro atoms. The Kier molecular flexibility index (Phi) is 4.21. The molecule has 0 unspecified atom stereocenters. The third kappa shape index (κ3) is 2.66. The third-order valence-electron chi connectivity index (χ3n) is 4.63. The van der Waals surface area contributed by atoms with Crippen molar-refractivity contribution in [1.29, 1.82) is 0 Å². The fraction of sp³-hybridized carbons (Fsp3) is 0.174. The second kappa shape index (κ2) is 6.68. The monoisotopic (exact) mass is 342 g/mol. The van der Waals surface area contributed by atoms with Crippen LogP contribution in [0.2, 0.25) is 0 Å². The van der Waals surface area contributed by atoms with Crippen molar-refractivity contribution >= 4 is 27.7 Å². The maximum atomic E-state index is 5.72. The minimum atomic E-state index is 0.603. The summed E-state index contributed by atoms with van der Waals surface area (Å²) in [5.41, 5.74) is 5.72. The first-order valence-corrected chi connectivity index (χ1v) is 8.93. The molecule has 0 saturated carbocycles. The van der Waals surface area contributed by atoms with Crippen molar-refractivity contribution in [1.82, 2.24) is 4.57 Å². The molecule has 0 radical (unpaired) electrons. The van der Waals surface area contributed by atoms with Crippen molar-refractivity contribution in [3.63, 3.8) is 0 Å². The average Bonchev–Trinajstić information content (AvgIpc) is 3.00. The lowest BCUT2D eigenvalue weighted by molar-refractivity contribution is 0.328. The van der Waals surface area contributed by atoms with Crippen molar-refractivity contribution in [2.24, 2.45) is 4.99 Å². The lowest BCUT2D eigenvalue weighted by atomic mass is 10.1. The SMILES string of the molecule is CCOC(=NC)c1cc(C)cc(-n2c3ccccc3c3ccccc32)c1. The number of nitrogens with zero attached hydrogens (tertiary/aromatic N) is 2.